The van der Waals surface area contributed by atoms with E-state index in [-0.39, 0.29) is 17.2 Å². The summed E-state index contributed by atoms with van der Waals surface area (Å²) < 4.78 is 5.20. The maximum absolute atomic E-state index is 9.90. The summed E-state index contributed by atoms with van der Waals surface area (Å²) in [6.07, 6.45) is 2.00. The van der Waals surface area contributed by atoms with Gasteiger partial charge >= 0.3 is 0 Å². The average molecular weight is 348 g/mol. The highest BCUT2D eigenvalue weighted by molar-refractivity contribution is 7.99. The molecule has 1 aliphatic carbocycles. The second-order valence-corrected chi connectivity index (χ2v) is 7.06. The first-order valence-electron chi connectivity index (χ1n) is 7.78. The molecular formula is C19H16N4OS. The quantitative estimate of drug-likeness (QED) is 0.880. The van der Waals surface area contributed by atoms with E-state index in [1.165, 1.54) is 0 Å². The summed E-state index contributed by atoms with van der Waals surface area (Å²) in [4.78, 5) is 0. The van der Waals surface area contributed by atoms with Crippen molar-refractivity contribution in [2.24, 2.45) is 17.1 Å². The first kappa shape index (κ1) is 17.0. The van der Waals surface area contributed by atoms with Gasteiger partial charge in [0, 0.05) is 23.3 Å². The second-order valence-electron chi connectivity index (χ2n) is 5.99. The number of nitrogens with two attached hydrogens (primary N) is 1. The van der Waals surface area contributed by atoms with Crippen molar-refractivity contribution in [3.8, 4) is 24.0 Å². The van der Waals surface area contributed by atoms with Crippen LogP contribution < -0.4 is 10.5 Å². The van der Waals surface area contributed by atoms with Crippen molar-refractivity contribution in [1.29, 1.82) is 15.8 Å². The summed E-state index contributed by atoms with van der Waals surface area (Å²) in [5.41, 5.74) is 6.73. The molecule has 0 unspecified atom stereocenters. The first-order chi connectivity index (χ1) is 12.1. The third kappa shape index (κ3) is 2.45. The lowest BCUT2D eigenvalue weighted by molar-refractivity contribution is 0.367. The number of hydrogen-bond acceptors (Lipinski definition) is 6. The van der Waals surface area contributed by atoms with Gasteiger partial charge in [0.05, 0.1) is 30.5 Å². The molecule has 1 aromatic rings. The van der Waals surface area contributed by atoms with Crippen LogP contribution in [0.2, 0.25) is 0 Å². The van der Waals surface area contributed by atoms with Crippen LogP contribution in [-0.2, 0) is 0 Å². The van der Waals surface area contributed by atoms with Gasteiger partial charge in [-0.2, -0.15) is 27.5 Å². The Labute approximate surface area is 151 Å². The van der Waals surface area contributed by atoms with Gasteiger partial charge in [0.15, 0.2) is 5.41 Å². The lowest BCUT2D eigenvalue weighted by Crippen LogP contribution is -2.43. The number of nitrogens with zero attached hydrogens (tertiary/aromatic N) is 3. The summed E-state index contributed by atoms with van der Waals surface area (Å²) >= 11 is 1.73. The van der Waals surface area contributed by atoms with Crippen molar-refractivity contribution in [3.63, 3.8) is 0 Å². The Morgan fingerprint density at radius 3 is 2.44 bits per heavy atom. The smallest absolute Gasteiger partial charge is 0.191 e. The number of fused-ring (bicyclic) bond motifs is 1. The zero-order valence-corrected chi connectivity index (χ0v) is 14.5. The van der Waals surface area contributed by atoms with E-state index in [4.69, 9.17) is 10.5 Å². The molecule has 2 aliphatic rings. The van der Waals surface area contributed by atoms with Crippen LogP contribution in [0.25, 0.3) is 0 Å². The van der Waals surface area contributed by atoms with Gasteiger partial charge in [-0.05, 0) is 23.3 Å². The summed E-state index contributed by atoms with van der Waals surface area (Å²) in [6.45, 7) is 0. The van der Waals surface area contributed by atoms with E-state index in [2.05, 4.69) is 18.2 Å². The Bertz CT molecular complexity index is 866. The molecular weight excluding hydrogens is 332 g/mol. The molecule has 0 bridgehead atoms. The van der Waals surface area contributed by atoms with Gasteiger partial charge < -0.3 is 10.5 Å². The highest BCUT2D eigenvalue weighted by Gasteiger charge is 2.53. The molecule has 0 saturated heterocycles. The van der Waals surface area contributed by atoms with Crippen LogP contribution in [0.3, 0.4) is 0 Å². The lowest BCUT2D eigenvalue weighted by Gasteiger charge is -2.43. The summed E-state index contributed by atoms with van der Waals surface area (Å²) in [6, 6.07) is 13.7. The fourth-order valence-corrected chi connectivity index (χ4v) is 4.73. The molecule has 1 aliphatic heterocycles. The van der Waals surface area contributed by atoms with Crippen LogP contribution in [0.15, 0.2) is 47.2 Å². The minimum atomic E-state index is -1.56. The molecule has 1 aromatic carbocycles. The Kier molecular flexibility index (Phi) is 4.45. The molecule has 0 amide bonds. The van der Waals surface area contributed by atoms with Crippen molar-refractivity contribution in [1.82, 2.24) is 0 Å². The fraction of sp³-hybridized carbons (Fsp3) is 0.316. The first-order valence-corrected chi connectivity index (χ1v) is 8.93. The van der Waals surface area contributed by atoms with Gasteiger partial charge in [-0.15, -0.1) is 0 Å². The number of ether oxygens (including phenoxy) is 1. The second kappa shape index (κ2) is 6.55. The van der Waals surface area contributed by atoms with E-state index in [0.717, 1.165) is 22.6 Å². The van der Waals surface area contributed by atoms with Crippen LogP contribution >= 0.6 is 11.8 Å². The van der Waals surface area contributed by atoms with Gasteiger partial charge in [0.2, 0.25) is 0 Å². The van der Waals surface area contributed by atoms with Crippen molar-refractivity contribution < 1.29 is 4.74 Å². The zero-order valence-electron chi connectivity index (χ0n) is 13.7. The SMILES string of the molecule is COc1ccc([C@H]2[C@H]3CSCC=C3C(C#N)=C(N)C2(C#N)C#N)cc1. The number of methoxy groups -OCH3 is 1. The van der Waals surface area contributed by atoms with Crippen molar-refractivity contribution in [3.05, 3.63) is 52.7 Å². The Hall–Kier alpha value is -2.88. The number of benzene rings is 1. The molecule has 124 valence electrons. The molecule has 0 fully saturated rings. The predicted octanol–water partition coefficient (Wildman–Crippen LogP) is 2.85. The normalized spacial score (nSPS) is 24.2. The molecule has 0 spiro atoms. The Balaban J connectivity index is 2.27. The van der Waals surface area contributed by atoms with Crippen LogP contribution in [0.1, 0.15) is 11.5 Å². The number of allylic oxidation sites excluding steroid dienone is 3. The third-order valence-electron chi connectivity index (χ3n) is 4.91. The van der Waals surface area contributed by atoms with Gasteiger partial charge in [0.1, 0.15) is 11.8 Å². The van der Waals surface area contributed by atoms with E-state index in [9.17, 15) is 15.8 Å². The molecule has 1 heterocycles. The third-order valence-corrected chi connectivity index (χ3v) is 5.91. The van der Waals surface area contributed by atoms with Crippen LogP contribution in [0.4, 0.5) is 0 Å². The zero-order chi connectivity index (χ0) is 18.0. The number of hydrogen-bond donors (Lipinski definition) is 1. The minimum absolute atomic E-state index is 0.0650. The number of rotatable bonds is 2. The van der Waals surface area contributed by atoms with E-state index >= 15 is 0 Å². The molecule has 6 heteroatoms. The van der Waals surface area contributed by atoms with Gasteiger partial charge in [0.25, 0.3) is 0 Å². The topological polar surface area (TPSA) is 107 Å². The number of nitriles is 3. The summed E-state index contributed by atoms with van der Waals surface area (Å²) in [5.74, 6) is 1.71. The Morgan fingerprint density at radius 2 is 1.88 bits per heavy atom. The molecule has 0 aromatic heterocycles. The van der Waals surface area contributed by atoms with Crippen molar-refractivity contribution >= 4 is 11.8 Å². The van der Waals surface area contributed by atoms with Gasteiger partial charge in [-0.1, -0.05) is 18.2 Å². The minimum Gasteiger partial charge on any atom is -0.497 e. The summed E-state index contributed by atoms with van der Waals surface area (Å²) in [7, 11) is 1.59. The molecule has 2 atom stereocenters. The summed E-state index contributed by atoms with van der Waals surface area (Å²) in [5, 5.41) is 29.4. The molecule has 5 nitrogen and oxygen atoms in total. The van der Waals surface area contributed by atoms with Crippen LogP contribution in [0, 0.1) is 45.3 Å². The highest BCUT2D eigenvalue weighted by Crippen LogP contribution is 2.55. The van der Waals surface area contributed by atoms with E-state index in [0.29, 0.717) is 5.75 Å². The molecule has 3 rings (SSSR count). The maximum Gasteiger partial charge on any atom is 0.191 e. The standard InChI is InChI=1S/C19H16N4OS/c1-24-13-4-2-12(3-5-13)17-16-9-25-7-6-14(16)15(8-20)18(23)19(17,10-21)11-22/h2-6,16-17H,7,9,23H2,1H3/t16-,17-/m0/s1. The van der Waals surface area contributed by atoms with E-state index in [1.807, 2.05) is 30.3 Å². The van der Waals surface area contributed by atoms with Crippen LogP contribution in [-0.4, -0.2) is 18.6 Å². The Morgan fingerprint density at radius 1 is 1.20 bits per heavy atom. The van der Waals surface area contributed by atoms with Crippen molar-refractivity contribution in [2.45, 2.75) is 5.92 Å². The molecule has 2 N–H and O–H groups in total. The van der Waals surface area contributed by atoms with E-state index < -0.39 is 11.3 Å². The van der Waals surface area contributed by atoms with Crippen LogP contribution in [0.5, 0.6) is 5.75 Å². The predicted molar refractivity (Wildman–Crippen MR) is 95.1 cm³/mol. The van der Waals surface area contributed by atoms with Crippen molar-refractivity contribution in [2.75, 3.05) is 18.6 Å². The highest BCUT2D eigenvalue weighted by atomic mass is 32.2. The largest absolute Gasteiger partial charge is 0.497 e. The number of thioether (sulfide) groups is 1. The monoisotopic (exact) mass is 348 g/mol. The fourth-order valence-electron chi connectivity index (χ4n) is 3.67. The maximum atomic E-state index is 9.90. The van der Waals surface area contributed by atoms with E-state index in [1.54, 1.807) is 18.9 Å². The molecule has 25 heavy (non-hydrogen) atoms. The van der Waals surface area contributed by atoms with Gasteiger partial charge in [-0.3, -0.25) is 0 Å². The molecule has 0 radical (unpaired) electrons. The molecule has 0 saturated carbocycles. The van der Waals surface area contributed by atoms with Gasteiger partial charge in [-0.25, -0.2) is 0 Å². The lowest BCUT2D eigenvalue weighted by atomic mass is 9.59. The average Bonchev–Trinajstić information content (AvgIpc) is 2.67.